The van der Waals surface area contributed by atoms with Crippen LogP contribution in [-0.4, -0.2) is 48.1 Å². The van der Waals surface area contributed by atoms with Crippen molar-refractivity contribution in [1.82, 2.24) is 9.80 Å². The number of hydrogen-bond acceptors (Lipinski definition) is 3. The minimum absolute atomic E-state index is 0.292. The predicted molar refractivity (Wildman–Crippen MR) is 76.8 cm³/mol. The summed E-state index contributed by atoms with van der Waals surface area (Å²) in [6.07, 6.45) is 10.4. The molecule has 1 aliphatic carbocycles. The lowest BCUT2D eigenvalue weighted by Gasteiger charge is -2.31. The number of rotatable bonds is 2. The van der Waals surface area contributed by atoms with Crippen LogP contribution in [0.25, 0.3) is 0 Å². The average Bonchev–Trinajstić information content (AvgIpc) is 3.05. The van der Waals surface area contributed by atoms with E-state index >= 15 is 0 Å². The molecule has 0 N–H and O–H groups in total. The van der Waals surface area contributed by atoms with Gasteiger partial charge in [-0.25, -0.2) is 0 Å². The molecule has 0 amide bonds. The van der Waals surface area contributed by atoms with Crippen molar-refractivity contribution in [2.75, 3.05) is 26.2 Å². The highest BCUT2D eigenvalue weighted by atomic mass is 15.3. The third-order valence-electron chi connectivity index (χ3n) is 5.47. The van der Waals surface area contributed by atoms with Gasteiger partial charge >= 0.3 is 0 Å². The molecule has 3 aliphatic rings. The van der Waals surface area contributed by atoms with E-state index in [4.69, 9.17) is 0 Å². The Morgan fingerprint density at radius 1 is 0.789 bits per heavy atom. The van der Waals surface area contributed by atoms with Crippen molar-refractivity contribution in [2.45, 2.75) is 63.5 Å². The largest absolute Gasteiger partial charge is 0.299 e. The molecule has 0 radical (unpaired) electrons. The fraction of sp³-hybridized carbons (Fsp3) is 0.938. The molecule has 0 aromatic heterocycles. The van der Waals surface area contributed by atoms with Crippen molar-refractivity contribution in [2.24, 2.45) is 5.92 Å². The van der Waals surface area contributed by atoms with E-state index in [0.717, 1.165) is 12.5 Å². The highest BCUT2D eigenvalue weighted by Gasteiger charge is 2.36. The first-order chi connectivity index (χ1) is 9.38. The monoisotopic (exact) mass is 261 g/mol. The summed E-state index contributed by atoms with van der Waals surface area (Å²) in [5.74, 6) is 0.292. The first-order valence-corrected chi connectivity index (χ1v) is 8.26. The molecule has 2 saturated heterocycles. The van der Waals surface area contributed by atoms with E-state index in [1.165, 1.54) is 71.1 Å². The predicted octanol–water partition coefficient (Wildman–Crippen LogP) is 2.63. The van der Waals surface area contributed by atoms with Crippen LogP contribution in [-0.2, 0) is 0 Å². The maximum absolute atomic E-state index is 9.44. The van der Waals surface area contributed by atoms with Crippen molar-refractivity contribution in [3.05, 3.63) is 0 Å². The third kappa shape index (κ3) is 2.95. The van der Waals surface area contributed by atoms with E-state index in [9.17, 15) is 5.26 Å². The van der Waals surface area contributed by atoms with E-state index < -0.39 is 0 Å². The first kappa shape index (κ1) is 13.4. The topological polar surface area (TPSA) is 30.3 Å². The van der Waals surface area contributed by atoms with Crippen LogP contribution in [0.5, 0.6) is 0 Å². The highest BCUT2D eigenvalue weighted by molar-refractivity contribution is 4.98. The standard InChI is InChI=1S/C16H27N3/c17-12-14-6-2-1-3-7-16(14)19-11-8-15(13-19)18-9-4-5-10-18/h14-16H,1-11,13H2. The lowest BCUT2D eigenvalue weighted by Crippen LogP contribution is -2.41. The Hall–Kier alpha value is -0.590. The Morgan fingerprint density at radius 2 is 1.58 bits per heavy atom. The number of nitrogens with zero attached hydrogens (tertiary/aromatic N) is 3. The maximum atomic E-state index is 9.44. The zero-order valence-electron chi connectivity index (χ0n) is 12.1. The summed E-state index contributed by atoms with van der Waals surface area (Å²) >= 11 is 0. The zero-order valence-corrected chi connectivity index (χ0v) is 12.1. The van der Waals surface area contributed by atoms with Gasteiger partial charge in [0.1, 0.15) is 0 Å². The molecule has 19 heavy (non-hydrogen) atoms. The fourth-order valence-corrected chi connectivity index (χ4v) is 4.35. The van der Waals surface area contributed by atoms with E-state index in [1.54, 1.807) is 0 Å². The van der Waals surface area contributed by atoms with Crippen LogP contribution < -0.4 is 0 Å². The molecule has 0 aromatic carbocycles. The maximum Gasteiger partial charge on any atom is 0.0672 e. The summed E-state index contributed by atoms with van der Waals surface area (Å²) in [4.78, 5) is 5.35. The van der Waals surface area contributed by atoms with Crippen LogP contribution in [0.15, 0.2) is 0 Å². The molecule has 3 nitrogen and oxygen atoms in total. The molecule has 3 heteroatoms. The van der Waals surface area contributed by atoms with Crippen LogP contribution >= 0.6 is 0 Å². The smallest absolute Gasteiger partial charge is 0.0672 e. The molecule has 3 rings (SSSR count). The van der Waals surface area contributed by atoms with Crippen LogP contribution in [0, 0.1) is 17.2 Å². The Bertz CT molecular complexity index is 329. The number of nitriles is 1. The van der Waals surface area contributed by atoms with E-state index in [-0.39, 0.29) is 0 Å². The van der Waals surface area contributed by atoms with Crippen LogP contribution in [0.3, 0.4) is 0 Å². The van der Waals surface area contributed by atoms with E-state index in [1.807, 2.05) is 0 Å². The molecular weight excluding hydrogens is 234 g/mol. The van der Waals surface area contributed by atoms with Gasteiger partial charge in [-0.05, 0) is 45.2 Å². The Balaban J connectivity index is 1.60. The average molecular weight is 261 g/mol. The second kappa shape index (κ2) is 6.24. The third-order valence-corrected chi connectivity index (χ3v) is 5.47. The van der Waals surface area contributed by atoms with Gasteiger partial charge in [0.25, 0.3) is 0 Å². The van der Waals surface area contributed by atoms with Gasteiger partial charge in [-0.15, -0.1) is 0 Å². The zero-order chi connectivity index (χ0) is 13.1. The molecule has 106 valence electrons. The van der Waals surface area contributed by atoms with Gasteiger partial charge in [0, 0.05) is 25.2 Å². The quantitative estimate of drug-likeness (QED) is 0.716. The van der Waals surface area contributed by atoms with Crippen molar-refractivity contribution in [3.8, 4) is 6.07 Å². The Labute approximate surface area is 117 Å². The fourth-order valence-electron chi connectivity index (χ4n) is 4.35. The van der Waals surface area contributed by atoms with Crippen molar-refractivity contribution >= 4 is 0 Å². The van der Waals surface area contributed by atoms with Crippen LogP contribution in [0.1, 0.15) is 51.4 Å². The molecule has 2 aliphatic heterocycles. The molecule has 1 saturated carbocycles. The Morgan fingerprint density at radius 3 is 2.37 bits per heavy atom. The summed E-state index contributed by atoms with van der Waals surface area (Å²) in [7, 11) is 0. The van der Waals surface area contributed by atoms with Crippen molar-refractivity contribution in [1.29, 1.82) is 5.26 Å². The summed E-state index contributed by atoms with van der Waals surface area (Å²) in [5, 5.41) is 9.44. The highest BCUT2D eigenvalue weighted by Crippen LogP contribution is 2.31. The van der Waals surface area contributed by atoms with Gasteiger partial charge < -0.3 is 0 Å². The molecule has 3 atom stereocenters. The van der Waals surface area contributed by atoms with Gasteiger partial charge in [0.15, 0.2) is 0 Å². The summed E-state index contributed by atoms with van der Waals surface area (Å²) in [6, 6.07) is 3.94. The van der Waals surface area contributed by atoms with E-state index in [0.29, 0.717) is 12.0 Å². The van der Waals surface area contributed by atoms with Gasteiger partial charge in [-0.2, -0.15) is 5.26 Å². The van der Waals surface area contributed by atoms with Crippen molar-refractivity contribution < 1.29 is 0 Å². The van der Waals surface area contributed by atoms with Crippen LogP contribution in [0.4, 0.5) is 0 Å². The lowest BCUT2D eigenvalue weighted by molar-refractivity contribution is 0.166. The van der Waals surface area contributed by atoms with Gasteiger partial charge in [0.2, 0.25) is 0 Å². The molecule has 2 heterocycles. The van der Waals surface area contributed by atoms with E-state index in [2.05, 4.69) is 15.9 Å². The molecule has 3 unspecified atom stereocenters. The molecule has 0 bridgehead atoms. The minimum atomic E-state index is 0.292. The molecular formula is C16H27N3. The second-order valence-corrected chi connectivity index (χ2v) is 6.62. The van der Waals surface area contributed by atoms with Crippen LogP contribution in [0.2, 0.25) is 0 Å². The number of likely N-dealkylation sites (tertiary alicyclic amines) is 2. The first-order valence-electron chi connectivity index (χ1n) is 8.26. The summed E-state index contributed by atoms with van der Waals surface area (Å²) < 4.78 is 0. The summed E-state index contributed by atoms with van der Waals surface area (Å²) in [6.45, 7) is 5.07. The molecule has 0 aromatic rings. The molecule has 3 fully saturated rings. The summed E-state index contributed by atoms with van der Waals surface area (Å²) in [5.41, 5.74) is 0. The van der Waals surface area contributed by atoms with Crippen molar-refractivity contribution in [3.63, 3.8) is 0 Å². The number of hydrogen-bond donors (Lipinski definition) is 0. The lowest BCUT2D eigenvalue weighted by atomic mass is 9.95. The Kier molecular flexibility index (Phi) is 4.40. The normalized spacial score (nSPS) is 38.2. The van der Waals surface area contributed by atoms with Gasteiger partial charge in [-0.1, -0.05) is 19.3 Å². The minimum Gasteiger partial charge on any atom is -0.299 e. The second-order valence-electron chi connectivity index (χ2n) is 6.62. The van der Waals surface area contributed by atoms with Gasteiger partial charge in [0.05, 0.1) is 12.0 Å². The van der Waals surface area contributed by atoms with Gasteiger partial charge in [-0.3, -0.25) is 9.80 Å². The molecule has 0 spiro atoms. The SMILES string of the molecule is N#CC1CCCCCC1N1CCC(N2CCCC2)C1.